The second-order valence-electron chi connectivity index (χ2n) is 4.87. The fourth-order valence-electron chi connectivity index (χ4n) is 1.76. The van der Waals surface area contributed by atoms with Crippen LogP contribution in [0, 0.1) is 13.8 Å². The molecule has 17 heavy (non-hydrogen) atoms. The predicted octanol–water partition coefficient (Wildman–Crippen LogP) is 2.03. The van der Waals surface area contributed by atoms with Crippen molar-refractivity contribution in [1.29, 1.82) is 0 Å². The van der Waals surface area contributed by atoms with E-state index in [0.717, 1.165) is 42.2 Å². The Bertz CT molecular complexity index is 374. The third-order valence-corrected chi connectivity index (χ3v) is 3.62. The molecule has 0 aliphatic rings. The molecule has 0 radical (unpaired) electrons. The van der Waals surface area contributed by atoms with Gasteiger partial charge in [-0.05, 0) is 40.0 Å². The lowest BCUT2D eigenvalue weighted by atomic mass is 9.99. The minimum atomic E-state index is -0.743. The molecule has 0 saturated heterocycles. The second kappa shape index (κ2) is 5.85. The quantitative estimate of drug-likeness (QED) is 0.769. The van der Waals surface area contributed by atoms with Gasteiger partial charge < -0.3 is 10.8 Å². The van der Waals surface area contributed by atoms with Crippen molar-refractivity contribution in [2.75, 3.05) is 6.54 Å². The molecular weight excluding hydrogens is 238 g/mol. The summed E-state index contributed by atoms with van der Waals surface area (Å²) in [7, 11) is 0. The van der Waals surface area contributed by atoms with Gasteiger partial charge in [-0.1, -0.05) is 11.6 Å². The van der Waals surface area contributed by atoms with Crippen molar-refractivity contribution >= 4 is 11.6 Å². The fraction of sp³-hybridized carbons (Fsp3) is 0.750. The Morgan fingerprint density at radius 2 is 2.06 bits per heavy atom. The van der Waals surface area contributed by atoms with Crippen LogP contribution in [0.3, 0.4) is 0 Å². The number of aryl methyl sites for hydroxylation is 2. The summed E-state index contributed by atoms with van der Waals surface area (Å²) < 4.78 is 1.93. The summed E-state index contributed by atoms with van der Waals surface area (Å²) in [5.74, 6) is 0. The average molecular weight is 260 g/mol. The van der Waals surface area contributed by atoms with Gasteiger partial charge in [-0.15, -0.1) is 0 Å². The Hall–Kier alpha value is -0.580. The van der Waals surface area contributed by atoms with Crippen LogP contribution >= 0.6 is 11.6 Å². The highest BCUT2D eigenvalue weighted by Crippen LogP contribution is 2.20. The van der Waals surface area contributed by atoms with Crippen molar-refractivity contribution < 1.29 is 5.11 Å². The lowest BCUT2D eigenvalue weighted by Gasteiger charge is -2.20. The SMILES string of the molecule is Cc1nn(CCCCC(C)(O)CN)c(C)c1Cl. The van der Waals surface area contributed by atoms with Crippen LogP contribution in [0.15, 0.2) is 0 Å². The van der Waals surface area contributed by atoms with Crippen LogP contribution in [0.2, 0.25) is 5.02 Å². The fourth-order valence-corrected chi connectivity index (χ4v) is 1.90. The van der Waals surface area contributed by atoms with Crippen LogP contribution in [-0.2, 0) is 6.54 Å². The first-order valence-corrected chi connectivity index (χ1v) is 6.37. The molecule has 0 aliphatic heterocycles. The highest BCUT2D eigenvalue weighted by atomic mass is 35.5. The van der Waals surface area contributed by atoms with Crippen molar-refractivity contribution in [3.63, 3.8) is 0 Å². The summed E-state index contributed by atoms with van der Waals surface area (Å²) in [6.07, 6.45) is 2.62. The number of unbranched alkanes of at least 4 members (excludes halogenated alkanes) is 1. The van der Waals surface area contributed by atoms with Gasteiger partial charge >= 0.3 is 0 Å². The van der Waals surface area contributed by atoms with Crippen molar-refractivity contribution in [3.8, 4) is 0 Å². The highest BCUT2D eigenvalue weighted by molar-refractivity contribution is 6.31. The van der Waals surface area contributed by atoms with Gasteiger partial charge in [0, 0.05) is 13.1 Å². The summed E-state index contributed by atoms with van der Waals surface area (Å²) in [6.45, 7) is 6.79. The molecule has 5 heteroatoms. The van der Waals surface area contributed by atoms with Gasteiger partial charge in [-0.2, -0.15) is 5.10 Å². The number of halogens is 1. The first kappa shape index (κ1) is 14.5. The molecule has 0 aromatic carbocycles. The van der Waals surface area contributed by atoms with E-state index in [1.807, 2.05) is 18.5 Å². The third kappa shape index (κ3) is 3.98. The van der Waals surface area contributed by atoms with Crippen LogP contribution in [0.4, 0.5) is 0 Å². The molecule has 0 aliphatic carbocycles. The third-order valence-electron chi connectivity index (χ3n) is 3.07. The Morgan fingerprint density at radius 1 is 1.41 bits per heavy atom. The molecule has 0 spiro atoms. The van der Waals surface area contributed by atoms with E-state index in [0.29, 0.717) is 6.54 Å². The maximum atomic E-state index is 9.75. The number of nitrogens with two attached hydrogens (primary N) is 1. The van der Waals surface area contributed by atoms with Gasteiger partial charge in [0.2, 0.25) is 0 Å². The van der Waals surface area contributed by atoms with Crippen molar-refractivity contribution in [2.24, 2.45) is 5.73 Å². The molecule has 1 heterocycles. The number of aromatic nitrogens is 2. The van der Waals surface area contributed by atoms with Gasteiger partial charge in [-0.3, -0.25) is 4.68 Å². The summed E-state index contributed by atoms with van der Waals surface area (Å²) in [6, 6.07) is 0. The van der Waals surface area contributed by atoms with Gasteiger partial charge in [0.1, 0.15) is 0 Å². The number of hydrogen-bond donors (Lipinski definition) is 2. The van der Waals surface area contributed by atoms with E-state index < -0.39 is 5.60 Å². The molecule has 1 unspecified atom stereocenters. The molecule has 3 N–H and O–H groups in total. The lowest BCUT2D eigenvalue weighted by molar-refractivity contribution is 0.0569. The number of aliphatic hydroxyl groups is 1. The molecule has 98 valence electrons. The van der Waals surface area contributed by atoms with E-state index in [1.165, 1.54) is 0 Å². The Balaban J connectivity index is 2.39. The maximum absolute atomic E-state index is 9.75. The smallest absolute Gasteiger partial charge is 0.0844 e. The molecule has 0 amide bonds. The van der Waals surface area contributed by atoms with Gasteiger partial charge in [0.15, 0.2) is 0 Å². The van der Waals surface area contributed by atoms with E-state index in [4.69, 9.17) is 17.3 Å². The zero-order chi connectivity index (χ0) is 13.1. The normalized spacial score (nSPS) is 14.9. The summed E-state index contributed by atoms with van der Waals surface area (Å²) >= 11 is 6.07. The van der Waals surface area contributed by atoms with Crippen LogP contribution in [0.25, 0.3) is 0 Å². The van der Waals surface area contributed by atoms with Crippen molar-refractivity contribution in [1.82, 2.24) is 9.78 Å². The second-order valence-corrected chi connectivity index (χ2v) is 5.24. The predicted molar refractivity (Wildman–Crippen MR) is 70.2 cm³/mol. The molecule has 1 atom stereocenters. The van der Waals surface area contributed by atoms with E-state index in [-0.39, 0.29) is 0 Å². The first-order valence-electron chi connectivity index (χ1n) is 5.99. The first-order chi connectivity index (χ1) is 7.87. The van der Waals surface area contributed by atoms with E-state index in [1.54, 1.807) is 6.92 Å². The standard InChI is InChI=1S/C12H22ClN3O/c1-9-11(13)10(2)16(15-9)7-5-4-6-12(3,17)8-14/h17H,4-8,14H2,1-3H3. The molecule has 0 saturated carbocycles. The Labute approximate surface area is 108 Å². The minimum Gasteiger partial charge on any atom is -0.389 e. The zero-order valence-electron chi connectivity index (χ0n) is 10.8. The zero-order valence-corrected chi connectivity index (χ0v) is 11.6. The van der Waals surface area contributed by atoms with Crippen LogP contribution in [0.5, 0.6) is 0 Å². The van der Waals surface area contributed by atoms with Crippen molar-refractivity contribution in [2.45, 2.75) is 52.2 Å². The number of hydrogen-bond acceptors (Lipinski definition) is 3. The van der Waals surface area contributed by atoms with Crippen LogP contribution in [-0.4, -0.2) is 27.0 Å². The van der Waals surface area contributed by atoms with Gasteiger partial charge in [0.25, 0.3) is 0 Å². The summed E-state index contributed by atoms with van der Waals surface area (Å²) in [5.41, 5.74) is 6.60. The Kier molecular flexibility index (Phi) is 4.98. The maximum Gasteiger partial charge on any atom is 0.0844 e. The monoisotopic (exact) mass is 259 g/mol. The van der Waals surface area contributed by atoms with Crippen LogP contribution in [0.1, 0.15) is 37.6 Å². The Morgan fingerprint density at radius 3 is 2.53 bits per heavy atom. The molecule has 1 rings (SSSR count). The molecular formula is C12H22ClN3O. The number of nitrogens with zero attached hydrogens (tertiary/aromatic N) is 2. The molecule has 0 bridgehead atoms. The topological polar surface area (TPSA) is 64.1 Å². The van der Waals surface area contributed by atoms with Crippen molar-refractivity contribution in [3.05, 3.63) is 16.4 Å². The van der Waals surface area contributed by atoms with Crippen LogP contribution < -0.4 is 5.73 Å². The lowest BCUT2D eigenvalue weighted by Crippen LogP contribution is -2.33. The summed E-state index contributed by atoms with van der Waals surface area (Å²) in [5, 5.41) is 14.9. The van der Waals surface area contributed by atoms with E-state index >= 15 is 0 Å². The molecule has 1 aromatic rings. The summed E-state index contributed by atoms with van der Waals surface area (Å²) in [4.78, 5) is 0. The molecule has 1 aromatic heterocycles. The average Bonchev–Trinajstić information content (AvgIpc) is 2.52. The van der Waals surface area contributed by atoms with E-state index in [2.05, 4.69) is 5.10 Å². The molecule has 0 fully saturated rings. The van der Waals surface area contributed by atoms with E-state index in [9.17, 15) is 5.11 Å². The van der Waals surface area contributed by atoms with Gasteiger partial charge in [0.05, 0.1) is 22.0 Å². The number of rotatable bonds is 6. The van der Waals surface area contributed by atoms with Gasteiger partial charge in [-0.25, -0.2) is 0 Å². The highest BCUT2D eigenvalue weighted by Gasteiger charge is 2.17. The largest absolute Gasteiger partial charge is 0.389 e. The minimum absolute atomic E-state index is 0.304. The molecule has 4 nitrogen and oxygen atoms in total.